The number of carbonyl (C=O) groups is 7. The summed E-state index contributed by atoms with van der Waals surface area (Å²) in [5.41, 5.74) is 7.35. The molecule has 56 heavy (non-hydrogen) atoms. The van der Waals surface area contributed by atoms with E-state index in [1.54, 1.807) is 16.7 Å². The lowest BCUT2D eigenvalue weighted by Gasteiger charge is -2.38. The van der Waals surface area contributed by atoms with Crippen LogP contribution in [0.15, 0.2) is 60.7 Å². The highest BCUT2D eigenvalue weighted by Crippen LogP contribution is 2.27. The molecule has 0 aliphatic carbocycles. The SMILES string of the molecule is CC1NC(=O)C2CCCCN2C(=O)C2CCCN2C(=O)CCOC(=O)C2C[C@@H](C)CN2C1=O.Cc1ccccc1.NC(=O)CNC(=O)NCCc1ccccc1. The van der Waals surface area contributed by atoms with E-state index >= 15 is 0 Å². The number of aryl methyl sites for hydroxylation is 1. The van der Waals surface area contributed by atoms with Crippen LogP contribution in [0.5, 0.6) is 0 Å². The molecule has 304 valence electrons. The van der Waals surface area contributed by atoms with Crippen molar-refractivity contribution < 1.29 is 38.3 Å². The maximum absolute atomic E-state index is 13.4. The highest BCUT2D eigenvalue weighted by molar-refractivity contribution is 5.95. The summed E-state index contributed by atoms with van der Waals surface area (Å²) in [6, 6.07) is 16.9. The molecule has 7 amide bonds. The molecule has 6 rings (SSSR count). The van der Waals surface area contributed by atoms with Gasteiger partial charge in [0.25, 0.3) is 0 Å². The predicted molar refractivity (Wildman–Crippen MR) is 208 cm³/mol. The van der Waals surface area contributed by atoms with Gasteiger partial charge in [-0.05, 0) is 70.3 Å². The number of piperidine rings is 1. The molecule has 2 aromatic carbocycles. The van der Waals surface area contributed by atoms with Crippen molar-refractivity contribution in [2.75, 3.05) is 39.3 Å². The van der Waals surface area contributed by atoms with Crippen LogP contribution < -0.4 is 21.7 Å². The molecule has 15 nitrogen and oxygen atoms in total. The number of hydrogen-bond acceptors (Lipinski definition) is 8. The Labute approximate surface area is 329 Å². The maximum Gasteiger partial charge on any atom is 0.328 e. The molecule has 5 N–H and O–H groups in total. The molecule has 0 spiro atoms. The average Bonchev–Trinajstić information content (AvgIpc) is 3.85. The first-order valence-electron chi connectivity index (χ1n) is 19.6. The summed E-state index contributed by atoms with van der Waals surface area (Å²) in [5.74, 6) is -2.11. The van der Waals surface area contributed by atoms with E-state index in [9.17, 15) is 33.6 Å². The number of hydrogen-bond donors (Lipinski definition) is 4. The minimum absolute atomic E-state index is 0.00788. The molecule has 4 aliphatic heterocycles. The first-order chi connectivity index (χ1) is 26.8. The molecule has 15 heteroatoms. The molecule has 4 aliphatic rings. The largest absolute Gasteiger partial charge is 0.464 e. The zero-order chi connectivity index (χ0) is 40.6. The van der Waals surface area contributed by atoms with Gasteiger partial charge in [-0.25, -0.2) is 9.59 Å². The number of amides is 7. The Kier molecular flexibility index (Phi) is 16.7. The normalized spacial score (nSPS) is 24.2. The number of carbonyl (C=O) groups excluding carboxylic acids is 7. The average molecular weight is 776 g/mol. The second-order valence-corrected chi connectivity index (χ2v) is 14.7. The summed E-state index contributed by atoms with van der Waals surface area (Å²) in [6.45, 7) is 7.30. The molecule has 4 saturated heterocycles. The lowest BCUT2D eigenvalue weighted by atomic mass is 9.99. The van der Waals surface area contributed by atoms with Gasteiger partial charge in [0.2, 0.25) is 29.5 Å². The lowest BCUT2D eigenvalue weighted by molar-refractivity contribution is -0.156. The number of benzene rings is 2. The van der Waals surface area contributed by atoms with Crippen molar-refractivity contribution in [3.63, 3.8) is 0 Å². The van der Waals surface area contributed by atoms with Gasteiger partial charge < -0.3 is 41.1 Å². The smallest absolute Gasteiger partial charge is 0.328 e. The summed E-state index contributed by atoms with van der Waals surface area (Å²) in [6.07, 6.45) is 4.64. The van der Waals surface area contributed by atoms with Gasteiger partial charge >= 0.3 is 12.0 Å². The van der Waals surface area contributed by atoms with Crippen molar-refractivity contribution in [2.24, 2.45) is 11.7 Å². The van der Waals surface area contributed by atoms with Crippen molar-refractivity contribution in [3.8, 4) is 0 Å². The van der Waals surface area contributed by atoms with Gasteiger partial charge in [0.1, 0.15) is 30.8 Å². The minimum atomic E-state index is -0.825. The van der Waals surface area contributed by atoms with Gasteiger partial charge in [0.15, 0.2) is 0 Å². The van der Waals surface area contributed by atoms with E-state index in [4.69, 9.17) is 10.5 Å². The molecule has 0 aromatic heterocycles. The van der Waals surface area contributed by atoms with E-state index in [0.717, 1.165) is 24.8 Å². The van der Waals surface area contributed by atoms with Crippen molar-refractivity contribution in [1.82, 2.24) is 30.7 Å². The number of nitrogens with zero attached hydrogens (tertiary/aromatic N) is 3. The Bertz CT molecular complexity index is 1660. The molecule has 2 aromatic rings. The van der Waals surface area contributed by atoms with Gasteiger partial charge in [-0.2, -0.15) is 0 Å². The minimum Gasteiger partial charge on any atom is -0.464 e. The summed E-state index contributed by atoms with van der Waals surface area (Å²) in [7, 11) is 0. The third-order valence-corrected chi connectivity index (χ3v) is 10.2. The fourth-order valence-corrected chi connectivity index (χ4v) is 7.32. The van der Waals surface area contributed by atoms with Crippen LogP contribution in [0, 0.1) is 12.8 Å². The van der Waals surface area contributed by atoms with Crippen LogP contribution in [-0.2, 0) is 39.9 Å². The summed E-state index contributed by atoms with van der Waals surface area (Å²) in [5, 5.41) is 7.76. The van der Waals surface area contributed by atoms with Crippen molar-refractivity contribution >= 4 is 41.5 Å². The molecule has 4 fully saturated rings. The molecule has 0 saturated carbocycles. The molecule has 5 atom stereocenters. The van der Waals surface area contributed by atoms with Crippen LogP contribution in [0.25, 0.3) is 0 Å². The Morgan fingerprint density at radius 2 is 1.46 bits per heavy atom. The number of nitrogens with two attached hydrogens (primary N) is 1. The number of cyclic esters (lactones) is 1. The number of esters is 1. The first kappa shape index (κ1) is 43.3. The topological polar surface area (TPSA) is 201 Å². The van der Waals surface area contributed by atoms with E-state index in [1.807, 2.05) is 55.5 Å². The Hall–Kier alpha value is -5.47. The molecule has 0 bridgehead atoms. The summed E-state index contributed by atoms with van der Waals surface area (Å²) >= 11 is 0. The number of urea groups is 1. The van der Waals surface area contributed by atoms with E-state index in [-0.39, 0.29) is 55.2 Å². The third-order valence-electron chi connectivity index (χ3n) is 10.2. The first-order valence-corrected chi connectivity index (χ1v) is 19.6. The second kappa shape index (κ2) is 21.6. The fourth-order valence-electron chi connectivity index (χ4n) is 7.32. The van der Waals surface area contributed by atoms with Gasteiger partial charge in [0.05, 0.1) is 13.0 Å². The van der Waals surface area contributed by atoms with E-state index in [0.29, 0.717) is 51.9 Å². The molecule has 4 heterocycles. The monoisotopic (exact) mass is 775 g/mol. The Morgan fingerprint density at radius 3 is 2.12 bits per heavy atom. The Balaban J connectivity index is 0.000000249. The highest BCUT2D eigenvalue weighted by atomic mass is 16.5. The standard InChI is InChI=1S/C23H34N4O6.C11H15N3O2.C7H8/c1-14-12-18-23(32)33-11-8-19(28)25-10-5-7-17(25)22(31)26-9-4-3-6-16(26)20(29)24-15(2)21(30)27(18)13-14;12-10(15)8-14-11(16)13-7-6-9-4-2-1-3-5-9;1-7-5-3-2-4-6-7/h14-18H,3-13H2,1-2H3,(H,24,29);1-5H,6-8H2,(H2,12,15)(H2,13,14,16);2-6H,1H3/t14-,15?,16?,17?,18?;;/m1../s1. The number of ether oxygens (including phenoxy) is 1. The van der Waals surface area contributed by atoms with Gasteiger partial charge in [-0.15, -0.1) is 0 Å². The van der Waals surface area contributed by atoms with Crippen LogP contribution >= 0.6 is 0 Å². The number of rotatable bonds is 5. The predicted octanol–water partition coefficient (Wildman–Crippen LogP) is 2.06. The zero-order valence-corrected chi connectivity index (χ0v) is 32.7. The van der Waals surface area contributed by atoms with E-state index < -0.39 is 36.0 Å². The van der Waals surface area contributed by atoms with Crippen molar-refractivity contribution in [1.29, 1.82) is 0 Å². The zero-order valence-electron chi connectivity index (χ0n) is 32.7. The van der Waals surface area contributed by atoms with Crippen LogP contribution in [0.2, 0.25) is 0 Å². The van der Waals surface area contributed by atoms with Gasteiger partial charge in [-0.1, -0.05) is 73.2 Å². The lowest BCUT2D eigenvalue weighted by Crippen LogP contribution is -2.59. The second-order valence-electron chi connectivity index (χ2n) is 14.7. The van der Waals surface area contributed by atoms with Crippen LogP contribution in [-0.4, -0.2) is 120 Å². The van der Waals surface area contributed by atoms with Crippen LogP contribution in [0.4, 0.5) is 4.79 Å². The number of fused-ring (bicyclic) bond motifs is 3. The molecular formula is C41H57N7O8. The highest BCUT2D eigenvalue weighted by Gasteiger charge is 2.44. The molecular weight excluding hydrogens is 718 g/mol. The van der Waals surface area contributed by atoms with Crippen LogP contribution in [0.3, 0.4) is 0 Å². The van der Waals surface area contributed by atoms with E-state index in [1.165, 1.54) is 10.5 Å². The Morgan fingerprint density at radius 1 is 0.804 bits per heavy atom. The van der Waals surface area contributed by atoms with Gasteiger partial charge in [0, 0.05) is 26.2 Å². The van der Waals surface area contributed by atoms with Crippen molar-refractivity contribution in [2.45, 2.75) is 96.3 Å². The third kappa shape index (κ3) is 12.8. The molecule has 0 radical (unpaired) electrons. The number of nitrogens with one attached hydrogen (secondary N) is 3. The van der Waals surface area contributed by atoms with Crippen molar-refractivity contribution in [3.05, 3.63) is 71.8 Å². The fraction of sp³-hybridized carbons (Fsp3) is 0.537. The molecule has 4 unspecified atom stereocenters. The number of primary amides is 1. The quantitative estimate of drug-likeness (QED) is 0.331. The van der Waals surface area contributed by atoms with Crippen LogP contribution in [0.1, 0.15) is 69.9 Å². The summed E-state index contributed by atoms with van der Waals surface area (Å²) in [4.78, 5) is 91.5. The van der Waals surface area contributed by atoms with E-state index in [2.05, 4.69) is 35.0 Å². The summed E-state index contributed by atoms with van der Waals surface area (Å²) < 4.78 is 5.38. The van der Waals surface area contributed by atoms with Gasteiger partial charge in [-0.3, -0.25) is 24.0 Å². The maximum atomic E-state index is 13.4.